The summed E-state index contributed by atoms with van der Waals surface area (Å²) in [5.41, 5.74) is 2.72. The zero-order valence-corrected chi connectivity index (χ0v) is 17.9. The maximum Gasteiger partial charge on any atom is 0.236 e. The molecule has 6 nitrogen and oxygen atoms in total. The number of ether oxygens (including phenoxy) is 1. The van der Waals surface area contributed by atoms with E-state index in [1.807, 2.05) is 37.3 Å². The Morgan fingerprint density at radius 1 is 1.24 bits per heavy atom. The minimum atomic E-state index is -3.45. The van der Waals surface area contributed by atoms with Gasteiger partial charge in [0.2, 0.25) is 15.9 Å². The molecule has 3 rings (SSSR count). The number of sulfonamides is 1. The highest BCUT2D eigenvalue weighted by Gasteiger charge is 2.28. The lowest BCUT2D eigenvalue weighted by Gasteiger charge is -2.19. The van der Waals surface area contributed by atoms with E-state index in [1.165, 1.54) is 4.31 Å². The van der Waals surface area contributed by atoms with Crippen LogP contribution in [0.2, 0.25) is 5.02 Å². The number of aryl methyl sites for hydroxylation is 1. The van der Waals surface area contributed by atoms with Gasteiger partial charge in [-0.25, -0.2) is 8.42 Å². The number of hydrogen-bond acceptors (Lipinski definition) is 4. The summed E-state index contributed by atoms with van der Waals surface area (Å²) in [6.45, 7) is 2.85. The van der Waals surface area contributed by atoms with Gasteiger partial charge in [-0.3, -0.25) is 9.10 Å². The van der Waals surface area contributed by atoms with Crippen LogP contribution in [0.1, 0.15) is 24.0 Å². The molecule has 1 aliphatic heterocycles. The Morgan fingerprint density at radius 3 is 2.83 bits per heavy atom. The Morgan fingerprint density at radius 2 is 2.03 bits per heavy atom. The fraction of sp³-hybridized carbons (Fsp3) is 0.381. The number of carbonyl (C=O) groups excluding carboxylic acids is 1. The summed E-state index contributed by atoms with van der Waals surface area (Å²) < 4.78 is 32.2. The number of nitrogens with one attached hydrogen (secondary N) is 1. The Balaban J connectivity index is 1.37. The van der Waals surface area contributed by atoms with Crippen LogP contribution < -0.4 is 14.4 Å². The van der Waals surface area contributed by atoms with Crippen LogP contribution in [0.3, 0.4) is 0 Å². The SMILES string of the molecule is Cc1cc(OCCCC(=O)NCCS(=O)(=O)N2CCc3ccccc32)ccc1Cl. The Bertz CT molecular complexity index is 978. The van der Waals surface area contributed by atoms with Crippen molar-refractivity contribution in [2.45, 2.75) is 26.2 Å². The van der Waals surface area contributed by atoms with Gasteiger partial charge in [-0.05, 0) is 55.2 Å². The smallest absolute Gasteiger partial charge is 0.236 e. The number of amides is 1. The quantitative estimate of drug-likeness (QED) is 0.612. The summed E-state index contributed by atoms with van der Waals surface area (Å²) in [6, 6.07) is 12.9. The summed E-state index contributed by atoms with van der Waals surface area (Å²) in [6.07, 6.45) is 1.54. The van der Waals surface area contributed by atoms with E-state index in [1.54, 1.807) is 12.1 Å². The van der Waals surface area contributed by atoms with Crippen LogP contribution in [0.25, 0.3) is 0 Å². The van der Waals surface area contributed by atoms with Gasteiger partial charge in [0, 0.05) is 24.5 Å². The first-order valence-electron chi connectivity index (χ1n) is 9.61. The first-order valence-corrected chi connectivity index (χ1v) is 11.6. The molecule has 8 heteroatoms. The van der Waals surface area contributed by atoms with E-state index in [-0.39, 0.29) is 24.6 Å². The lowest BCUT2D eigenvalue weighted by molar-refractivity contribution is -0.121. The average molecular weight is 437 g/mol. The van der Waals surface area contributed by atoms with E-state index < -0.39 is 10.0 Å². The van der Waals surface area contributed by atoms with Crippen molar-refractivity contribution in [1.82, 2.24) is 5.32 Å². The largest absolute Gasteiger partial charge is 0.494 e. The maximum atomic E-state index is 12.6. The molecule has 0 atom stereocenters. The number of anilines is 1. The lowest BCUT2D eigenvalue weighted by Crippen LogP contribution is -2.37. The molecule has 0 radical (unpaired) electrons. The number of halogens is 1. The second kappa shape index (κ2) is 9.50. The molecular formula is C21H25ClN2O4S. The number of carbonyl (C=O) groups is 1. The van der Waals surface area contributed by atoms with Gasteiger partial charge in [0.1, 0.15) is 5.75 Å². The molecule has 0 aliphatic carbocycles. The van der Waals surface area contributed by atoms with Crippen LogP contribution in [-0.2, 0) is 21.2 Å². The molecule has 1 amide bonds. The monoisotopic (exact) mass is 436 g/mol. The molecule has 0 unspecified atom stereocenters. The predicted octanol–water partition coefficient (Wildman–Crippen LogP) is 3.32. The Hall–Kier alpha value is -2.25. The zero-order chi connectivity index (χ0) is 20.9. The average Bonchev–Trinajstić information content (AvgIpc) is 3.13. The van der Waals surface area contributed by atoms with E-state index in [4.69, 9.17) is 16.3 Å². The van der Waals surface area contributed by atoms with Crippen molar-refractivity contribution in [1.29, 1.82) is 0 Å². The first-order chi connectivity index (χ1) is 13.9. The molecule has 0 spiro atoms. The van der Waals surface area contributed by atoms with Crippen LogP contribution in [0, 0.1) is 6.92 Å². The van der Waals surface area contributed by atoms with Gasteiger partial charge in [0.05, 0.1) is 18.0 Å². The van der Waals surface area contributed by atoms with Crippen LogP contribution in [-0.4, -0.2) is 39.8 Å². The normalized spacial score (nSPS) is 13.2. The van der Waals surface area contributed by atoms with Gasteiger partial charge < -0.3 is 10.1 Å². The fourth-order valence-corrected chi connectivity index (χ4v) is 4.79. The highest BCUT2D eigenvalue weighted by atomic mass is 35.5. The van der Waals surface area contributed by atoms with Crippen LogP contribution in [0.4, 0.5) is 5.69 Å². The molecule has 2 aromatic rings. The summed E-state index contributed by atoms with van der Waals surface area (Å²) in [4.78, 5) is 12.0. The highest BCUT2D eigenvalue weighted by molar-refractivity contribution is 7.92. The highest BCUT2D eigenvalue weighted by Crippen LogP contribution is 2.29. The number of benzene rings is 2. The number of nitrogens with zero attached hydrogens (tertiary/aromatic N) is 1. The third-order valence-corrected chi connectivity index (χ3v) is 7.00. The van der Waals surface area contributed by atoms with Gasteiger partial charge in [0.15, 0.2) is 0 Å². The third kappa shape index (κ3) is 5.64. The molecule has 1 aliphatic rings. The Labute approximate surface area is 176 Å². The van der Waals surface area contributed by atoms with Gasteiger partial charge in [0.25, 0.3) is 0 Å². The van der Waals surface area contributed by atoms with Gasteiger partial charge in [-0.2, -0.15) is 0 Å². The molecule has 0 bridgehead atoms. The molecule has 1 heterocycles. The summed E-state index contributed by atoms with van der Waals surface area (Å²) in [7, 11) is -3.45. The van der Waals surface area contributed by atoms with E-state index in [0.29, 0.717) is 30.3 Å². The second-order valence-electron chi connectivity index (χ2n) is 6.98. The molecule has 2 aromatic carbocycles. The van der Waals surface area contributed by atoms with Gasteiger partial charge >= 0.3 is 0 Å². The van der Waals surface area contributed by atoms with Crippen LogP contribution in [0.15, 0.2) is 42.5 Å². The van der Waals surface area contributed by atoms with Crippen molar-refractivity contribution in [3.05, 3.63) is 58.6 Å². The molecule has 29 heavy (non-hydrogen) atoms. The molecule has 0 aromatic heterocycles. The van der Waals surface area contributed by atoms with Gasteiger partial charge in [-0.15, -0.1) is 0 Å². The molecule has 0 fully saturated rings. The van der Waals surface area contributed by atoms with Crippen LogP contribution in [0.5, 0.6) is 5.75 Å². The predicted molar refractivity (Wildman–Crippen MR) is 115 cm³/mol. The molecule has 1 N–H and O–H groups in total. The van der Waals surface area contributed by atoms with E-state index in [0.717, 1.165) is 23.2 Å². The van der Waals surface area contributed by atoms with E-state index in [9.17, 15) is 13.2 Å². The number of rotatable bonds is 9. The lowest BCUT2D eigenvalue weighted by atomic mass is 10.2. The molecular weight excluding hydrogens is 412 g/mol. The van der Waals surface area contributed by atoms with Crippen molar-refractivity contribution in [2.75, 3.05) is 29.8 Å². The second-order valence-corrected chi connectivity index (χ2v) is 9.40. The minimum Gasteiger partial charge on any atom is -0.494 e. The molecule has 156 valence electrons. The molecule has 0 saturated heterocycles. The molecule has 0 saturated carbocycles. The number of hydrogen-bond donors (Lipinski definition) is 1. The number of fused-ring (bicyclic) bond motifs is 1. The summed E-state index contributed by atoms with van der Waals surface area (Å²) in [5, 5.41) is 3.37. The van der Waals surface area contributed by atoms with Gasteiger partial charge in [-0.1, -0.05) is 29.8 Å². The summed E-state index contributed by atoms with van der Waals surface area (Å²) >= 11 is 5.98. The van der Waals surface area contributed by atoms with E-state index in [2.05, 4.69) is 5.32 Å². The Kier molecular flexibility index (Phi) is 7.03. The third-order valence-electron chi connectivity index (χ3n) is 4.81. The topological polar surface area (TPSA) is 75.7 Å². The van der Waals surface area contributed by atoms with Crippen molar-refractivity contribution in [3.63, 3.8) is 0 Å². The van der Waals surface area contributed by atoms with Crippen molar-refractivity contribution >= 4 is 33.2 Å². The first kappa shape index (κ1) is 21.5. The van der Waals surface area contributed by atoms with Crippen LogP contribution >= 0.6 is 11.6 Å². The maximum absolute atomic E-state index is 12.6. The van der Waals surface area contributed by atoms with E-state index >= 15 is 0 Å². The zero-order valence-electron chi connectivity index (χ0n) is 16.4. The van der Waals surface area contributed by atoms with Crippen molar-refractivity contribution in [2.24, 2.45) is 0 Å². The van der Waals surface area contributed by atoms with Crippen molar-refractivity contribution < 1.29 is 17.9 Å². The number of para-hydroxylation sites is 1. The standard InChI is InChI=1S/C21H25ClN2O4S/c1-16-15-18(8-9-19(16)22)28-13-4-7-21(25)23-11-14-29(26,27)24-12-10-17-5-2-3-6-20(17)24/h2-3,5-6,8-9,15H,4,7,10-14H2,1H3,(H,23,25). The minimum absolute atomic E-state index is 0.0943. The fourth-order valence-electron chi connectivity index (χ4n) is 3.24. The summed E-state index contributed by atoms with van der Waals surface area (Å²) in [5.74, 6) is 0.412. The van der Waals surface area contributed by atoms with Crippen molar-refractivity contribution in [3.8, 4) is 5.75 Å².